The third kappa shape index (κ3) is 3.66. The van der Waals surface area contributed by atoms with Crippen LogP contribution < -0.4 is 11.0 Å². The monoisotopic (exact) mass is 358 g/mol. The molecule has 9 nitrogen and oxygen atoms in total. The maximum absolute atomic E-state index is 12.3. The van der Waals surface area contributed by atoms with E-state index >= 15 is 0 Å². The maximum atomic E-state index is 12.3. The fourth-order valence-corrected chi connectivity index (χ4v) is 2.60. The van der Waals surface area contributed by atoms with Crippen LogP contribution in [0.25, 0.3) is 11.0 Å². The van der Waals surface area contributed by atoms with Crippen molar-refractivity contribution >= 4 is 28.7 Å². The maximum Gasteiger partial charge on any atom is 0.328 e. The number of nitrogens with one attached hydrogen (secondary N) is 1. The molecule has 9 heteroatoms. The van der Waals surface area contributed by atoms with E-state index in [-0.39, 0.29) is 24.5 Å². The van der Waals surface area contributed by atoms with Gasteiger partial charge in [-0.25, -0.2) is 4.79 Å². The number of para-hydroxylation sites is 2. The first-order chi connectivity index (χ1) is 12.5. The average Bonchev–Trinajstić information content (AvgIpc) is 3.13. The van der Waals surface area contributed by atoms with Crippen LogP contribution in [-0.4, -0.2) is 32.8 Å². The number of benzene rings is 1. The van der Waals surface area contributed by atoms with Crippen LogP contribution in [0.2, 0.25) is 0 Å². The summed E-state index contributed by atoms with van der Waals surface area (Å²) in [4.78, 5) is 35.8. The second-order valence-corrected chi connectivity index (χ2v) is 5.76. The Morgan fingerprint density at radius 3 is 2.69 bits per heavy atom. The third-order valence-electron chi connectivity index (χ3n) is 3.85. The van der Waals surface area contributed by atoms with Gasteiger partial charge in [0.25, 0.3) is 5.91 Å². The molecule has 0 aliphatic carbocycles. The molecule has 0 spiro atoms. The topological polar surface area (TPSA) is 108 Å². The van der Waals surface area contributed by atoms with Gasteiger partial charge in [0.15, 0.2) is 12.4 Å². The third-order valence-corrected chi connectivity index (χ3v) is 3.85. The van der Waals surface area contributed by atoms with Crippen LogP contribution in [0.3, 0.4) is 0 Å². The van der Waals surface area contributed by atoms with E-state index in [9.17, 15) is 14.4 Å². The summed E-state index contributed by atoms with van der Waals surface area (Å²) in [7, 11) is 1.68. The Morgan fingerprint density at radius 1 is 1.27 bits per heavy atom. The Labute approximate surface area is 148 Å². The Morgan fingerprint density at radius 2 is 2.00 bits per heavy atom. The molecule has 3 aromatic rings. The lowest BCUT2D eigenvalue weighted by Gasteiger charge is -2.05. The molecule has 2 heterocycles. The van der Waals surface area contributed by atoms with Gasteiger partial charge in [-0.1, -0.05) is 17.3 Å². The van der Waals surface area contributed by atoms with E-state index in [0.29, 0.717) is 5.76 Å². The summed E-state index contributed by atoms with van der Waals surface area (Å²) in [5, 5.41) is 6.06. The molecule has 1 aromatic carbocycles. The van der Waals surface area contributed by atoms with Gasteiger partial charge in [-0.3, -0.25) is 18.7 Å². The number of hydrogen-bond acceptors (Lipinski definition) is 6. The van der Waals surface area contributed by atoms with Crippen LogP contribution in [-0.2, 0) is 27.9 Å². The summed E-state index contributed by atoms with van der Waals surface area (Å²) in [5.74, 6) is -0.283. The van der Waals surface area contributed by atoms with Crippen molar-refractivity contribution in [1.29, 1.82) is 0 Å². The van der Waals surface area contributed by atoms with Crippen molar-refractivity contribution < 1.29 is 18.8 Å². The largest absolute Gasteiger partial charge is 0.456 e. The van der Waals surface area contributed by atoms with Crippen LogP contribution in [0.1, 0.15) is 12.2 Å². The van der Waals surface area contributed by atoms with Gasteiger partial charge in [0.2, 0.25) is 0 Å². The highest BCUT2D eigenvalue weighted by Crippen LogP contribution is 2.12. The van der Waals surface area contributed by atoms with Crippen LogP contribution >= 0.6 is 0 Å². The second-order valence-electron chi connectivity index (χ2n) is 5.76. The number of imidazole rings is 1. The number of nitrogens with zero attached hydrogens (tertiary/aromatic N) is 3. The van der Waals surface area contributed by atoms with Gasteiger partial charge in [-0.2, -0.15) is 0 Å². The lowest BCUT2D eigenvalue weighted by Crippen LogP contribution is -2.25. The lowest BCUT2D eigenvalue weighted by atomic mass is 10.3. The first-order valence-electron chi connectivity index (χ1n) is 7.99. The first-order valence-corrected chi connectivity index (χ1v) is 7.99. The summed E-state index contributed by atoms with van der Waals surface area (Å²) in [6, 6.07) is 8.87. The van der Waals surface area contributed by atoms with Crippen LogP contribution in [0.15, 0.2) is 39.6 Å². The van der Waals surface area contributed by atoms with Gasteiger partial charge in [0.1, 0.15) is 5.76 Å². The SMILES string of the molecule is Cc1cc(NC(=O)COC(=O)CCn2c(=O)n(C)c3ccccc32)no1. The molecule has 1 amide bonds. The zero-order valence-corrected chi connectivity index (χ0v) is 14.4. The molecule has 0 saturated heterocycles. The number of rotatable bonds is 6. The van der Waals surface area contributed by atoms with Crippen LogP contribution in [0, 0.1) is 6.92 Å². The van der Waals surface area contributed by atoms with Crippen molar-refractivity contribution in [3.05, 3.63) is 46.6 Å². The lowest BCUT2D eigenvalue weighted by molar-refractivity contribution is -0.147. The summed E-state index contributed by atoms with van der Waals surface area (Å²) >= 11 is 0. The van der Waals surface area contributed by atoms with E-state index in [4.69, 9.17) is 9.26 Å². The molecule has 0 fully saturated rings. The fourth-order valence-electron chi connectivity index (χ4n) is 2.60. The second kappa shape index (κ2) is 7.26. The van der Waals surface area contributed by atoms with Crippen LogP contribution in [0.4, 0.5) is 5.82 Å². The molecule has 2 aromatic heterocycles. The van der Waals surface area contributed by atoms with Crippen molar-refractivity contribution in [1.82, 2.24) is 14.3 Å². The van der Waals surface area contributed by atoms with E-state index < -0.39 is 18.5 Å². The molecule has 0 saturated carbocycles. The fraction of sp³-hybridized carbons (Fsp3) is 0.294. The number of ether oxygens (including phenoxy) is 1. The smallest absolute Gasteiger partial charge is 0.328 e. The number of carbonyl (C=O) groups is 2. The Kier molecular flexibility index (Phi) is 4.87. The molecule has 0 atom stereocenters. The number of aromatic nitrogens is 3. The van der Waals surface area contributed by atoms with Crippen LogP contribution in [0.5, 0.6) is 0 Å². The molecular formula is C17H18N4O5. The number of fused-ring (bicyclic) bond motifs is 1. The highest BCUT2D eigenvalue weighted by atomic mass is 16.5. The summed E-state index contributed by atoms with van der Waals surface area (Å²) < 4.78 is 12.8. The van der Waals surface area contributed by atoms with Crippen molar-refractivity contribution in [3.8, 4) is 0 Å². The van der Waals surface area contributed by atoms with E-state index in [2.05, 4.69) is 10.5 Å². The predicted octanol–water partition coefficient (Wildman–Crippen LogP) is 1.21. The molecular weight excluding hydrogens is 340 g/mol. The minimum Gasteiger partial charge on any atom is -0.456 e. The number of hydrogen-bond donors (Lipinski definition) is 1. The van der Waals surface area contributed by atoms with Crippen molar-refractivity contribution in [2.75, 3.05) is 11.9 Å². The molecule has 1 N–H and O–H groups in total. The van der Waals surface area contributed by atoms with Gasteiger partial charge in [0.05, 0.1) is 17.5 Å². The highest BCUT2D eigenvalue weighted by Gasteiger charge is 2.13. The molecule has 0 bridgehead atoms. The minimum atomic E-state index is -0.573. The van der Waals surface area contributed by atoms with Crippen molar-refractivity contribution in [2.45, 2.75) is 19.9 Å². The van der Waals surface area contributed by atoms with E-state index in [1.807, 2.05) is 24.3 Å². The van der Waals surface area contributed by atoms with E-state index in [0.717, 1.165) is 11.0 Å². The number of carbonyl (C=O) groups excluding carboxylic acids is 2. The quantitative estimate of drug-likeness (QED) is 0.664. The molecule has 0 radical (unpaired) electrons. The highest BCUT2D eigenvalue weighted by molar-refractivity contribution is 5.91. The van der Waals surface area contributed by atoms with Gasteiger partial charge >= 0.3 is 11.7 Å². The molecule has 0 aliphatic rings. The minimum absolute atomic E-state index is 0.0235. The molecule has 3 rings (SSSR count). The van der Waals surface area contributed by atoms with Gasteiger partial charge in [-0.15, -0.1) is 0 Å². The number of esters is 1. The van der Waals surface area contributed by atoms with Gasteiger partial charge in [-0.05, 0) is 19.1 Å². The molecule has 26 heavy (non-hydrogen) atoms. The van der Waals surface area contributed by atoms with Gasteiger partial charge < -0.3 is 14.6 Å². The van der Waals surface area contributed by atoms with Crippen molar-refractivity contribution in [2.24, 2.45) is 7.05 Å². The van der Waals surface area contributed by atoms with Gasteiger partial charge in [0, 0.05) is 19.7 Å². The number of anilines is 1. The Hall–Kier alpha value is -3.36. The summed E-state index contributed by atoms with van der Waals surface area (Å²) in [6.45, 7) is 1.43. The molecule has 0 aliphatic heterocycles. The zero-order chi connectivity index (χ0) is 18.7. The number of amides is 1. The summed E-state index contributed by atoms with van der Waals surface area (Å²) in [6.07, 6.45) is -0.0235. The Bertz CT molecular complexity index is 1010. The molecule has 0 unspecified atom stereocenters. The number of aryl methyl sites for hydroxylation is 3. The first kappa shape index (κ1) is 17.5. The average molecular weight is 358 g/mol. The van der Waals surface area contributed by atoms with E-state index in [1.165, 1.54) is 9.13 Å². The Balaban J connectivity index is 1.54. The summed E-state index contributed by atoms with van der Waals surface area (Å²) in [5.41, 5.74) is 1.32. The predicted molar refractivity (Wildman–Crippen MR) is 92.6 cm³/mol. The zero-order valence-electron chi connectivity index (χ0n) is 14.4. The van der Waals surface area contributed by atoms with Crippen molar-refractivity contribution in [3.63, 3.8) is 0 Å². The standard InChI is InChI=1S/C17H18N4O5/c1-11-9-14(19-26-11)18-15(22)10-25-16(23)7-8-21-13-6-4-3-5-12(13)20(2)17(21)24/h3-6,9H,7-8,10H2,1-2H3,(H,18,19,22). The van der Waals surface area contributed by atoms with E-state index in [1.54, 1.807) is 20.0 Å². The molecule has 136 valence electrons. The normalized spacial score (nSPS) is 10.8.